The minimum Gasteiger partial charge on any atom is -0.365 e. The molecule has 1 heterocycles. The smallest absolute Gasteiger partial charge is 0.365 e. The number of hydrogen-bond donors (Lipinski definition) is 3. The Morgan fingerprint density at radius 3 is 2.28 bits per heavy atom. The van der Waals surface area contributed by atoms with Gasteiger partial charge < -0.3 is 20.7 Å². The first-order chi connectivity index (χ1) is 21.4. The second-order valence-corrected chi connectivity index (χ2v) is 12.8. The van der Waals surface area contributed by atoms with Crippen molar-refractivity contribution in [2.24, 2.45) is 5.92 Å². The molecule has 16 heteroatoms. The molecule has 244 valence electrons. The number of alkyl halides is 5. The van der Waals surface area contributed by atoms with Crippen molar-refractivity contribution in [3.8, 4) is 0 Å². The summed E-state index contributed by atoms with van der Waals surface area (Å²) >= 11 is 18.6. The largest absolute Gasteiger partial charge is 0.419 e. The molecule has 0 bridgehead atoms. The van der Waals surface area contributed by atoms with Crippen molar-refractivity contribution < 1.29 is 45.5 Å². The lowest BCUT2D eigenvalue weighted by molar-refractivity contribution is -0.140. The average molecular weight is 709 g/mol. The first kappa shape index (κ1) is 33.8. The number of carbonyl (C=O) groups excluding carboxylic acids is 3. The van der Waals surface area contributed by atoms with Crippen LogP contribution < -0.4 is 16.0 Å². The summed E-state index contributed by atoms with van der Waals surface area (Å²) < 4.78 is 86.8. The van der Waals surface area contributed by atoms with Gasteiger partial charge in [-0.3, -0.25) is 14.4 Å². The highest BCUT2D eigenvalue weighted by atomic mass is 35.5. The molecule has 1 aliphatic heterocycles. The van der Waals surface area contributed by atoms with Gasteiger partial charge in [-0.15, -0.1) is 23.2 Å². The van der Waals surface area contributed by atoms with Crippen LogP contribution in [-0.4, -0.2) is 34.3 Å². The van der Waals surface area contributed by atoms with Crippen LogP contribution in [0, 0.1) is 23.4 Å². The topological polar surface area (TPSA) is 96.5 Å². The van der Waals surface area contributed by atoms with E-state index in [1.54, 1.807) is 0 Å². The first-order valence-corrected chi connectivity index (χ1v) is 14.7. The van der Waals surface area contributed by atoms with Crippen molar-refractivity contribution in [1.82, 2.24) is 0 Å². The maximum absolute atomic E-state index is 15.3. The molecule has 5 rings (SSSR count). The van der Waals surface area contributed by atoms with E-state index >= 15 is 4.39 Å². The maximum atomic E-state index is 15.3. The number of ether oxygens (including phenoxy) is 1. The number of rotatable bonds is 7. The van der Waals surface area contributed by atoms with Crippen LogP contribution in [0.1, 0.15) is 47.2 Å². The number of hydrogen-bond acceptors (Lipinski definition) is 4. The van der Waals surface area contributed by atoms with Crippen molar-refractivity contribution in [1.29, 1.82) is 0 Å². The zero-order valence-electron chi connectivity index (χ0n) is 23.4. The van der Waals surface area contributed by atoms with Crippen LogP contribution in [0.25, 0.3) is 0 Å². The molecule has 0 radical (unpaired) electrons. The molecule has 0 aromatic heterocycles. The summed E-state index contributed by atoms with van der Waals surface area (Å²) in [6.07, 6.45) is -4.07. The zero-order chi connectivity index (χ0) is 33.8. The first-order valence-electron chi connectivity index (χ1n) is 13.5. The number of carbonyl (C=O) groups is 3. The van der Waals surface area contributed by atoms with E-state index in [9.17, 15) is 36.3 Å². The number of halogens is 9. The Balaban J connectivity index is 1.32. The fraction of sp³-hybridized carbons (Fsp3) is 0.300. The molecule has 3 atom stereocenters. The van der Waals surface area contributed by atoms with Crippen molar-refractivity contribution in [2.45, 2.75) is 41.8 Å². The number of benzene rings is 3. The summed E-state index contributed by atoms with van der Waals surface area (Å²) in [5.74, 6) is -8.83. The predicted molar refractivity (Wildman–Crippen MR) is 159 cm³/mol. The van der Waals surface area contributed by atoms with Crippen molar-refractivity contribution >= 4 is 69.6 Å². The van der Waals surface area contributed by atoms with E-state index < -0.39 is 80.1 Å². The molecule has 46 heavy (non-hydrogen) atoms. The second kappa shape index (κ2) is 12.3. The summed E-state index contributed by atoms with van der Waals surface area (Å²) in [7, 11) is 0. The quantitative estimate of drug-likeness (QED) is 0.171. The van der Waals surface area contributed by atoms with Crippen LogP contribution in [0.2, 0.25) is 5.02 Å². The Morgan fingerprint density at radius 1 is 0.935 bits per heavy atom. The van der Waals surface area contributed by atoms with E-state index in [2.05, 4.69) is 16.0 Å². The Hall–Kier alpha value is -3.52. The van der Waals surface area contributed by atoms with Gasteiger partial charge in [-0.2, -0.15) is 13.2 Å². The van der Waals surface area contributed by atoms with Gasteiger partial charge in [0.05, 0.1) is 27.8 Å². The number of nitrogens with one attached hydrogen (secondary N) is 3. The normalized spacial score (nSPS) is 21.9. The van der Waals surface area contributed by atoms with Crippen molar-refractivity contribution in [2.75, 3.05) is 22.6 Å². The molecule has 2 fully saturated rings. The van der Waals surface area contributed by atoms with E-state index in [-0.39, 0.29) is 21.8 Å². The van der Waals surface area contributed by atoms with Gasteiger partial charge in [-0.05, 0) is 67.8 Å². The van der Waals surface area contributed by atoms with E-state index in [0.29, 0.717) is 31.6 Å². The van der Waals surface area contributed by atoms with Crippen molar-refractivity contribution in [3.05, 3.63) is 87.7 Å². The lowest BCUT2D eigenvalue weighted by Gasteiger charge is -2.22. The van der Waals surface area contributed by atoms with Crippen LogP contribution in [0.5, 0.6) is 0 Å². The summed E-state index contributed by atoms with van der Waals surface area (Å²) in [6, 6.07) is 7.60. The van der Waals surface area contributed by atoms with Crippen molar-refractivity contribution in [3.63, 3.8) is 0 Å². The molecule has 1 aliphatic carbocycles. The van der Waals surface area contributed by atoms with Crippen LogP contribution in [0.15, 0.2) is 48.5 Å². The molecule has 0 spiro atoms. The van der Waals surface area contributed by atoms with Crippen LogP contribution in [-0.2, 0) is 20.5 Å². The Labute approximate surface area is 272 Å². The molecule has 7 nitrogen and oxygen atoms in total. The Morgan fingerprint density at radius 2 is 1.63 bits per heavy atom. The van der Waals surface area contributed by atoms with Gasteiger partial charge in [0, 0.05) is 18.2 Å². The average Bonchev–Trinajstić information content (AvgIpc) is 3.28. The van der Waals surface area contributed by atoms with Crippen LogP contribution in [0.3, 0.4) is 0 Å². The molecule has 2 unspecified atom stereocenters. The highest BCUT2D eigenvalue weighted by molar-refractivity contribution is 6.53. The van der Waals surface area contributed by atoms with Gasteiger partial charge >= 0.3 is 6.18 Å². The molecule has 1 saturated carbocycles. The minimum atomic E-state index is -5.00. The monoisotopic (exact) mass is 707 g/mol. The zero-order valence-corrected chi connectivity index (χ0v) is 25.7. The van der Waals surface area contributed by atoms with Gasteiger partial charge in [0.15, 0.2) is 5.82 Å². The number of amides is 3. The van der Waals surface area contributed by atoms with E-state index in [0.717, 1.165) is 24.3 Å². The summed E-state index contributed by atoms with van der Waals surface area (Å²) in [5.41, 5.74) is -4.52. The highest BCUT2D eigenvalue weighted by Crippen LogP contribution is 2.65. The molecule has 1 saturated heterocycles. The van der Waals surface area contributed by atoms with Crippen LogP contribution in [0.4, 0.5) is 43.4 Å². The molecule has 3 aromatic rings. The van der Waals surface area contributed by atoms with Gasteiger partial charge in [-0.25, -0.2) is 13.2 Å². The summed E-state index contributed by atoms with van der Waals surface area (Å²) in [4.78, 5) is 38.8. The summed E-state index contributed by atoms with van der Waals surface area (Å²) in [6.45, 7) is 1.79. The fourth-order valence-electron chi connectivity index (χ4n) is 5.18. The fourth-order valence-corrected chi connectivity index (χ4v) is 6.21. The third-order valence-corrected chi connectivity index (χ3v) is 9.02. The molecular formula is C30H22Cl3F6N3O4. The molecule has 2 aliphatic rings. The Bertz CT molecular complexity index is 1750. The highest BCUT2D eigenvalue weighted by Gasteiger charge is 2.67. The third kappa shape index (κ3) is 6.51. The molecular weight excluding hydrogens is 687 g/mol. The van der Waals surface area contributed by atoms with E-state index in [1.165, 1.54) is 19.1 Å². The Kier molecular flexibility index (Phi) is 9.01. The summed E-state index contributed by atoms with van der Waals surface area (Å²) in [5, 5.41) is 6.74. The minimum absolute atomic E-state index is 0.0123. The van der Waals surface area contributed by atoms with E-state index in [1.807, 2.05) is 0 Å². The molecule has 3 aromatic carbocycles. The lowest BCUT2D eigenvalue weighted by Crippen LogP contribution is -2.39. The molecule has 3 N–H and O–H groups in total. The lowest BCUT2D eigenvalue weighted by atomic mass is 10.0. The maximum Gasteiger partial charge on any atom is 0.419 e. The SMILES string of the molecule is CC1(C(=O)Nc2c(F)ccc(NC(=O)c3cc(NC(=O)[C@H]4C(c5ccc(F)c(C(F)(F)F)c5)C4(Cl)Cl)ccc3Cl)c2F)CCCO1. The van der Waals surface area contributed by atoms with Gasteiger partial charge in [-0.1, -0.05) is 17.7 Å². The van der Waals surface area contributed by atoms with Gasteiger partial charge in [0.2, 0.25) is 5.91 Å². The van der Waals surface area contributed by atoms with Gasteiger partial charge in [0.25, 0.3) is 11.8 Å². The second-order valence-electron chi connectivity index (χ2n) is 10.9. The standard InChI is InChI=1S/C30H22Cl3F6N3O4/c1-28(9-2-10-46-28)27(45)42-24-19(35)7-8-20(23(24)36)41-25(43)15-12-14(4-5-17(15)31)40-26(44)22-21(29(22,32)33)13-3-6-18(34)16(11-13)30(37,38)39/h3-8,11-12,21-22H,2,9-10H2,1H3,(H,40,44)(H,41,43)(H,42,45)/t21?,22-,28?/m1/s1. The number of anilines is 3. The van der Waals surface area contributed by atoms with Crippen LogP contribution >= 0.6 is 34.8 Å². The predicted octanol–water partition coefficient (Wildman–Crippen LogP) is 8.06. The van der Waals surface area contributed by atoms with Gasteiger partial charge in [0.1, 0.15) is 27.3 Å². The third-order valence-electron chi connectivity index (χ3n) is 7.75. The molecule has 3 amide bonds. The van der Waals surface area contributed by atoms with E-state index in [4.69, 9.17) is 39.5 Å².